The molecule has 0 atom stereocenters. The molecule has 0 radical (unpaired) electrons. The van der Waals surface area contributed by atoms with Crippen LogP contribution in [-0.4, -0.2) is 64.8 Å². The van der Waals surface area contributed by atoms with Crippen molar-refractivity contribution in [1.29, 1.82) is 0 Å². The summed E-state index contributed by atoms with van der Waals surface area (Å²) in [6.45, 7) is 7.41. The first kappa shape index (κ1) is 16.0. The summed E-state index contributed by atoms with van der Waals surface area (Å²) < 4.78 is 1.68. The number of hydrogen-bond acceptors (Lipinski definition) is 4. The van der Waals surface area contributed by atoms with Crippen molar-refractivity contribution in [1.82, 2.24) is 19.6 Å². The van der Waals surface area contributed by atoms with Gasteiger partial charge in [-0.1, -0.05) is 0 Å². The van der Waals surface area contributed by atoms with Crippen LogP contribution in [-0.2, 0) is 7.05 Å². The lowest BCUT2D eigenvalue weighted by molar-refractivity contribution is 0.0750. The summed E-state index contributed by atoms with van der Waals surface area (Å²) in [5.41, 5.74) is 7.11. The lowest BCUT2D eigenvalue weighted by Crippen LogP contribution is -2.36. The Kier molecular flexibility index (Phi) is 5.76. The fourth-order valence-electron chi connectivity index (χ4n) is 2.85. The number of nitrogens with two attached hydrogens (primary N) is 1. The Morgan fingerprint density at radius 3 is 2.76 bits per heavy atom. The van der Waals surface area contributed by atoms with E-state index < -0.39 is 0 Å². The smallest absolute Gasteiger partial charge is 0.272 e. The molecule has 1 amide bonds. The number of unbranched alkanes of at least 4 members (excludes halogenated alkanes) is 1. The first-order valence-electron chi connectivity index (χ1n) is 7.84. The van der Waals surface area contributed by atoms with Gasteiger partial charge >= 0.3 is 0 Å². The highest BCUT2D eigenvalue weighted by atomic mass is 16.2. The predicted molar refractivity (Wildman–Crippen MR) is 83.2 cm³/mol. The zero-order valence-corrected chi connectivity index (χ0v) is 13.2. The first-order valence-corrected chi connectivity index (χ1v) is 7.84. The number of rotatable bonds is 5. The third-order valence-corrected chi connectivity index (χ3v) is 4.03. The van der Waals surface area contributed by atoms with E-state index in [1.54, 1.807) is 4.68 Å². The number of hydrogen-bond donors (Lipinski definition) is 1. The van der Waals surface area contributed by atoms with Crippen LogP contribution in [0.1, 0.15) is 35.4 Å². The quantitative estimate of drug-likeness (QED) is 0.808. The van der Waals surface area contributed by atoms with Crippen LogP contribution in [0.3, 0.4) is 0 Å². The van der Waals surface area contributed by atoms with Crippen molar-refractivity contribution in [2.45, 2.75) is 26.2 Å². The van der Waals surface area contributed by atoms with Gasteiger partial charge in [-0.3, -0.25) is 9.48 Å². The summed E-state index contributed by atoms with van der Waals surface area (Å²) in [5.74, 6) is 0.0990. The van der Waals surface area contributed by atoms with Crippen LogP contribution < -0.4 is 5.73 Å². The minimum Gasteiger partial charge on any atom is -0.336 e. The molecule has 0 saturated carbocycles. The lowest BCUT2D eigenvalue weighted by Gasteiger charge is -2.22. The molecule has 0 spiro atoms. The van der Waals surface area contributed by atoms with Gasteiger partial charge in [0.1, 0.15) is 5.69 Å². The summed E-state index contributed by atoms with van der Waals surface area (Å²) in [7, 11) is 1.83. The Bertz CT molecular complexity index is 471. The number of carbonyl (C=O) groups is 1. The molecule has 1 fully saturated rings. The first-order chi connectivity index (χ1) is 10.1. The van der Waals surface area contributed by atoms with Crippen molar-refractivity contribution in [3.63, 3.8) is 0 Å². The van der Waals surface area contributed by atoms with E-state index >= 15 is 0 Å². The zero-order valence-electron chi connectivity index (χ0n) is 13.2. The topological polar surface area (TPSA) is 67.4 Å². The van der Waals surface area contributed by atoms with E-state index in [1.807, 2.05) is 24.9 Å². The lowest BCUT2D eigenvalue weighted by atomic mass is 10.3. The monoisotopic (exact) mass is 293 g/mol. The number of nitrogens with zero attached hydrogens (tertiary/aromatic N) is 4. The van der Waals surface area contributed by atoms with Crippen molar-refractivity contribution in [2.24, 2.45) is 12.8 Å². The molecule has 2 N–H and O–H groups in total. The fourth-order valence-corrected chi connectivity index (χ4v) is 2.85. The number of amides is 1. The third-order valence-electron chi connectivity index (χ3n) is 4.03. The van der Waals surface area contributed by atoms with Gasteiger partial charge < -0.3 is 15.5 Å². The molecule has 6 heteroatoms. The molecule has 1 aliphatic heterocycles. The van der Waals surface area contributed by atoms with Crippen LogP contribution in [0.15, 0.2) is 6.07 Å². The predicted octanol–water partition coefficient (Wildman–Crippen LogP) is 0.615. The Hall–Kier alpha value is -1.40. The van der Waals surface area contributed by atoms with E-state index in [4.69, 9.17) is 5.73 Å². The molecule has 1 aliphatic rings. The van der Waals surface area contributed by atoms with Crippen LogP contribution >= 0.6 is 0 Å². The molecule has 21 heavy (non-hydrogen) atoms. The van der Waals surface area contributed by atoms with Crippen LogP contribution in [0.2, 0.25) is 0 Å². The van der Waals surface area contributed by atoms with Gasteiger partial charge in [0, 0.05) is 26.7 Å². The molecule has 0 aliphatic carbocycles. The Morgan fingerprint density at radius 2 is 2.10 bits per heavy atom. The van der Waals surface area contributed by atoms with Crippen molar-refractivity contribution >= 4 is 5.91 Å². The second-order valence-electron chi connectivity index (χ2n) is 5.78. The van der Waals surface area contributed by atoms with Crippen molar-refractivity contribution in [3.05, 3.63) is 17.5 Å². The highest BCUT2D eigenvalue weighted by Gasteiger charge is 2.22. The molecule has 1 aromatic heterocycles. The highest BCUT2D eigenvalue weighted by Crippen LogP contribution is 2.10. The summed E-state index contributed by atoms with van der Waals surface area (Å²) in [4.78, 5) is 17.0. The largest absolute Gasteiger partial charge is 0.336 e. The molecular weight excluding hydrogens is 266 g/mol. The molecule has 6 nitrogen and oxygen atoms in total. The average molecular weight is 293 g/mol. The van der Waals surface area contributed by atoms with Gasteiger partial charge in [-0.05, 0) is 51.9 Å². The minimum absolute atomic E-state index is 0.0990. The van der Waals surface area contributed by atoms with Gasteiger partial charge in [0.25, 0.3) is 5.91 Å². The van der Waals surface area contributed by atoms with E-state index in [9.17, 15) is 4.79 Å². The van der Waals surface area contributed by atoms with Crippen LogP contribution in [0, 0.1) is 6.92 Å². The molecule has 2 rings (SSSR count). The molecule has 118 valence electrons. The maximum atomic E-state index is 12.6. The van der Waals surface area contributed by atoms with Gasteiger partial charge in [0.2, 0.25) is 0 Å². The third kappa shape index (κ3) is 4.28. The molecule has 1 aromatic rings. The maximum absolute atomic E-state index is 12.6. The SMILES string of the molecule is Cc1cc(C(=O)N2CCCN(CCCCN)CC2)n(C)n1. The van der Waals surface area contributed by atoms with E-state index in [2.05, 4.69) is 10.00 Å². The average Bonchev–Trinajstić information content (AvgIpc) is 2.65. The van der Waals surface area contributed by atoms with Gasteiger partial charge in [-0.2, -0.15) is 5.10 Å². The highest BCUT2D eigenvalue weighted by molar-refractivity contribution is 5.92. The van der Waals surface area contributed by atoms with Gasteiger partial charge in [0.15, 0.2) is 0 Å². The van der Waals surface area contributed by atoms with Crippen LogP contribution in [0.4, 0.5) is 0 Å². The standard InChI is InChI=1S/C15H27N5O/c1-13-12-14(18(2)17-13)15(21)20-9-5-8-19(10-11-20)7-4-3-6-16/h12H,3-11,16H2,1-2H3. The molecule has 1 saturated heterocycles. The summed E-state index contributed by atoms with van der Waals surface area (Å²) in [6, 6.07) is 1.87. The van der Waals surface area contributed by atoms with Crippen molar-refractivity contribution in [3.8, 4) is 0 Å². The summed E-state index contributed by atoms with van der Waals surface area (Å²) >= 11 is 0. The van der Waals surface area contributed by atoms with Gasteiger partial charge in [-0.15, -0.1) is 0 Å². The Balaban J connectivity index is 1.90. The summed E-state index contributed by atoms with van der Waals surface area (Å²) in [6.07, 6.45) is 3.25. The minimum atomic E-state index is 0.0990. The molecule has 2 heterocycles. The Morgan fingerprint density at radius 1 is 1.29 bits per heavy atom. The normalized spacial score (nSPS) is 17.0. The second-order valence-corrected chi connectivity index (χ2v) is 5.78. The summed E-state index contributed by atoms with van der Waals surface area (Å²) in [5, 5.41) is 4.26. The molecular formula is C15H27N5O. The second kappa shape index (κ2) is 7.56. The maximum Gasteiger partial charge on any atom is 0.272 e. The fraction of sp³-hybridized carbons (Fsp3) is 0.733. The van der Waals surface area contributed by atoms with Gasteiger partial charge in [-0.25, -0.2) is 0 Å². The number of aryl methyl sites for hydroxylation is 2. The van der Waals surface area contributed by atoms with Crippen LogP contribution in [0.25, 0.3) is 0 Å². The van der Waals surface area contributed by atoms with E-state index in [-0.39, 0.29) is 5.91 Å². The zero-order chi connectivity index (χ0) is 15.2. The molecule has 0 bridgehead atoms. The van der Waals surface area contributed by atoms with Crippen LogP contribution in [0.5, 0.6) is 0 Å². The van der Waals surface area contributed by atoms with Crippen molar-refractivity contribution < 1.29 is 4.79 Å². The van der Waals surface area contributed by atoms with E-state index in [1.165, 1.54) is 0 Å². The number of aromatic nitrogens is 2. The van der Waals surface area contributed by atoms with Gasteiger partial charge in [0.05, 0.1) is 5.69 Å². The van der Waals surface area contributed by atoms with Crippen molar-refractivity contribution in [2.75, 3.05) is 39.3 Å². The number of carbonyl (C=O) groups excluding carboxylic acids is 1. The molecule has 0 aromatic carbocycles. The molecule has 0 unspecified atom stereocenters. The van der Waals surface area contributed by atoms with E-state index in [0.717, 1.165) is 64.2 Å². The Labute approximate surface area is 126 Å². The van der Waals surface area contributed by atoms with E-state index in [0.29, 0.717) is 5.69 Å².